The van der Waals surface area contributed by atoms with Crippen molar-refractivity contribution < 1.29 is 14.3 Å². The van der Waals surface area contributed by atoms with Crippen LogP contribution in [0.25, 0.3) is 0 Å². The number of aryl methyl sites for hydroxylation is 1. The molecule has 0 radical (unpaired) electrons. The van der Waals surface area contributed by atoms with Gasteiger partial charge in [-0.05, 0) is 48.9 Å². The third-order valence-corrected chi connectivity index (χ3v) is 5.43. The number of hydrogen-bond acceptors (Lipinski definition) is 4. The molecule has 0 aliphatic heterocycles. The van der Waals surface area contributed by atoms with Crippen molar-refractivity contribution in [1.82, 2.24) is 5.32 Å². The van der Waals surface area contributed by atoms with Crippen LogP contribution >= 0.6 is 11.8 Å². The maximum Gasteiger partial charge on any atom is 0.252 e. The molecule has 0 bridgehead atoms. The number of thioether (sulfide) groups is 1. The van der Waals surface area contributed by atoms with Crippen molar-refractivity contribution in [2.45, 2.75) is 18.4 Å². The molecule has 0 aliphatic rings. The van der Waals surface area contributed by atoms with Gasteiger partial charge in [-0.25, -0.2) is 0 Å². The van der Waals surface area contributed by atoms with E-state index in [4.69, 9.17) is 10.5 Å². The fraction of sp³-hybridized carbons (Fsp3) is 0.167. The summed E-state index contributed by atoms with van der Waals surface area (Å²) in [5.74, 6) is 0.552. The Morgan fingerprint density at radius 1 is 1.00 bits per heavy atom. The third kappa shape index (κ3) is 6.12. The lowest BCUT2D eigenvalue weighted by molar-refractivity contribution is 0.0954. The summed E-state index contributed by atoms with van der Waals surface area (Å²) in [5, 5.41) is 2.94. The van der Waals surface area contributed by atoms with Crippen LogP contribution in [0.5, 0.6) is 5.75 Å². The Bertz CT molecular complexity index is 1020. The van der Waals surface area contributed by atoms with Crippen LogP contribution < -0.4 is 15.8 Å². The Balaban J connectivity index is 1.51. The molecule has 3 rings (SSSR count). The summed E-state index contributed by atoms with van der Waals surface area (Å²) < 4.78 is 5.74. The smallest absolute Gasteiger partial charge is 0.252 e. The van der Waals surface area contributed by atoms with Crippen LogP contribution in [0.15, 0.2) is 77.7 Å². The second-order valence-corrected chi connectivity index (χ2v) is 7.94. The van der Waals surface area contributed by atoms with E-state index in [2.05, 4.69) is 36.5 Å². The first-order valence-corrected chi connectivity index (χ1v) is 10.6. The van der Waals surface area contributed by atoms with E-state index in [9.17, 15) is 9.59 Å². The molecule has 3 N–H and O–H groups in total. The number of carbonyl (C=O) groups is 2. The molecule has 0 aromatic heterocycles. The van der Waals surface area contributed by atoms with Gasteiger partial charge in [0, 0.05) is 22.8 Å². The number of nitrogens with two attached hydrogens (primary N) is 1. The maximum absolute atomic E-state index is 12.4. The number of benzene rings is 3. The fourth-order valence-electron chi connectivity index (χ4n) is 2.83. The van der Waals surface area contributed by atoms with Gasteiger partial charge < -0.3 is 15.8 Å². The molecule has 154 valence electrons. The summed E-state index contributed by atoms with van der Waals surface area (Å²) in [5.41, 5.74) is 8.34. The number of hydrogen-bond donors (Lipinski definition) is 2. The first-order chi connectivity index (χ1) is 14.5. The molecule has 3 aromatic carbocycles. The first-order valence-electron chi connectivity index (χ1n) is 9.61. The molecule has 30 heavy (non-hydrogen) atoms. The third-order valence-electron chi connectivity index (χ3n) is 4.41. The van der Waals surface area contributed by atoms with Gasteiger partial charge in [0.1, 0.15) is 12.4 Å². The van der Waals surface area contributed by atoms with Crippen molar-refractivity contribution in [2.24, 2.45) is 5.73 Å². The Kier molecular flexibility index (Phi) is 7.51. The predicted molar refractivity (Wildman–Crippen MR) is 120 cm³/mol. The zero-order valence-corrected chi connectivity index (χ0v) is 17.6. The standard InChI is InChI=1S/C24H24N2O3S/c1-17-9-11-20(12-10-17)30-14-13-26-24(28)19-6-4-5-18(15-19)16-29-22-8-3-2-7-21(22)23(25)27/h2-12,15H,13-14,16H2,1H3,(H2,25,27)(H,26,28). The number of carbonyl (C=O) groups excluding carboxylic acids is 2. The van der Waals surface area contributed by atoms with Crippen molar-refractivity contribution in [2.75, 3.05) is 12.3 Å². The molecule has 0 atom stereocenters. The van der Waals surface area contributed by atoms with Gasteiger partial charge >= 0.3 is 0 Å². The quantitative estimate of drug-likeness (QED) is 0.402. The van der Waals surface area contributed by atoms with Gasteiger partial charge in [-0.3, -0.25) is 9.59 Å². The number of para-hydroxylation sites is 1. The fourth-order valence-corrected chi connectivity index (χ4v) is 3.60. The minimum absolute atomic E-state index is 0.126. The van der Waals surface area contributed by atoms with Gasteiger partial charge in [0.25, 0.3) is 11.8 Å². The van der Waals surface area contributed by atoms with E-state index in [1.54, 1.807) is 48.2 Å². The van der Waals surface area contributed by atoms with E-state index in [0.29, 0.717) is 23.4 Å². The number of rotatable bonds is 9. The van der Waals surface area contributed by atoms with Gasteiger partial charge in [-0.15, -0.1) is 11.8 Å². The molecule has 0 unspecified atom stereocenters. The van der Waals surface area contributed by atoms with E-state index in [0.717, 1.165) is 11.3 Å². The normalized spacial score (nSPS) is 10.4. The molecule has 3 aromatic rings. The average molecular weight is 421 g/mol. The topological polar surface area (TPSA) is 81.4 Å². The monoisotopic (exact) mass is 420 g/mol. The summed E-state index contributed by atoms with van der Waals surface area (Å²) >= 11 is 1.71. The van der Waals surface area contributed by atoms with Crippen molar-refractivity contribution in [3.05, 3.63) is 95.1 Å². The summed E-state index contributed by atoms with van der Waals surface area (Å²) in [6.07, 6.45) is 0. The molecule has 6 heteroatoms. The Labute approximate surface area is 180 Å². The molecule has 0 aliphatic carbocycles. The molecule has 0 heterocycles. The minimum Gasteiger partial charge on any atom is -0.488 e. The molecule has 2 amide bonds. The van der Waals surface area contributed by atoms with Gasteiger partial charge in [0.05, 0.1) is 5.56 Å². The molecule has 0 fully saturated rings. The lowest BCUT2D eigenvalue weighted by atomic mass is 10.1. The zero-order chi connectivity index (χ0) is 21.3. The number of ether oxygens (including phenoxy) is 1. The van der Waals surface area contributed by atoms with Gasteiger partial charge in [0.2, 0.25) is 0 Å². The number of amides is 2. The zero-order valence-electron chi connectivity index (χ0n) is 16.8. The molecule has 0 saturated carbocycles. The van der Waals surface area contributed by atoms with E-state index in [1.165, 1.54) is 10.5 Å². The second kappa shape index (κ2) is 10.5. The van der Waals surface area contributed by atoms with Crippen molar-refractivity contribution in [3.63, 3.8) is 0 Å². The van der Waals surface area contributed by atoms with E-state index < -0.39 is 5.91 Å². The lowest BCUT2D eigenvalue weighted by Gasteiger charge is -2.11. The maximum atomic E-state index is 12.4. The van der Waals surface area contributed by atoms with Crippen LogP contribution in [-0.2, 0) is 6.61 Å². The Morgan fingerprint density at radius 3 is 2.53 bits per heavy atom. The largest absolute Gasteiger partial charge is 0.488 e. The van der Waals surface area contributed by atoms with Crippen molar-refractivity contribution >= 4 is 23.6 Å². The first kappa shape index (κ1) is 21.5. The Hall–Kier alpha value is -3.25. The van der Waals surface area contributed by atoms with Crippen LogP contribution in [0.2, 0.25) is 0 Å². The van der Waals surface area contributed by atoms with Gasteiger partial charge in [-0.1, -0.05) is 42.0 Å². The van der Waals surface area contributed by atoms with Crippen molar-refractivity contribution in [1.29, 1.82) is 0 Å². The van der Waals surface area contributed by atoms with Crippen LogP contribution in [-0.4, -0.2) is 24.1 Å². The average Bonchev–Trinajstić information content (AvgIpc) is 2.76. The lowest BCUT2D eigenvalue weighted by Crippen LogP contribution is -2.25. The molecular weight excluding hydrogens is 396 g/mol. The molecule has 5 nitrogen and oxygen atoms in total. The van der Waals surface area contributed by atoms with Crippen LogP contribution in [0.1, 0.15) is 31.8 Å². The summed E-state index contributed by atoms with van der Waals surface area (Å²) in [4.78, 5) is 25.1. The van der Waals surface area contributed by atoms with Crippen LogP contribution in [0.3, 0.4) is 0 Å². The molecular formula is C24H24N2O3S. The SMILES string of the molecule is Cc1ccc(SCCNC(=O)c2cccc(COc3ccccc3C(N)=O)c2)cc1. The molecule has 0 spiro atoms. The summed E-state index contributed by atoms with van der Waals surface area (Å²) in [7, 11) is 0. The number of primary amides is 1. The summed E-state index contributed by atoms with van der Waals surface area (Å²) in [6, 6.07) is 22.4. The van der Waals surface area contributed by atoms with Gasteiger partial charge in [-0.2, -0.15) is 0 Å². The van der Waals surface area contributed by atoms with Crippen LogP contribution in [0, 0.1) is 6.92 Å². The number of nitrogens with one attached hydrogen (secondary N) is 1. The van der Waals surface area contributed by atoms with Gasteiger partial charge in [0.15, 0.2) is 0 Å². The van der Waals surface area contributed by atoms with E-state index >= 15 is 0 Å². The molecule has 0 saturated heterocycles. The van der Waals surface area contributed by atoms with E-state index in [-0.39, 0.29) is 12.5 Å². The highest BCUT2D eigenvalue weighted by molar-refractivity contribution is 7.99. The highest BCUT2D eigenvalue weighted by Gasteiger charge is 2.10. The highest BCUT2D eigenvalue weighted by Crippen LogP contribution is 2.19. The highest BCUT2D eigenvalue weighted by atomic mass is 32.2. The summed E-state index contributed by atoms with van der Waals surface area (Å²) in [6.45, 7) is 2.86. The second-order valence-electron chi connectivity index (χ2n) is 6.77. The Morgan fingerprint density at radius 2 is 1.77 bits per heavy atom. The van der Waals surface area contributed by atoms with Crippen LogP contribution in [0.4, 0.5) is 0 Å². The van der Waals surface area contributed by atoms with Crippen molar-refractivity contribution in [3.8, 4) is 5.75 Å². The minimum atomic E-state index is -0.540. The predicted octanol–water partition coefficient (Wildman–Crippen LogP) is 4.20. The van der Waals surface area contributed by atoms with E-state index in [1.807, 2.05) is 12.1 Å².